The monoisotopic (exact) mass is 464 g/mol. The first-order valence-corrected chi connectivity index (χ1v) is 10.4. The zero-order valence-corrected chi connectivity index (χ0v) is 17.7. The Bertz CT molecular complexity index is 1060. The summed E-state index contributed by atoms with van der Waals surface area (Å²) >= 11 is 5.89. The molecular formula is C22H20ClF3N4O2. The summed E-state index contributed by atoms with van der Waals surface area (Å²) in [4.78, 5) is 24.3. The van der Waals surface area contributed by atoms with Crippen molar-refractivity contribution >= 4 is 23.3 Å². The first kappa shape index (κ1) is 22.1. The fourth-order valence-corrected chi connectivity index (χ4v) is 3.60. The molecule has 32 heavy (non-hydrogen) atoms. The van der Waals surface area contributed by atoms with E-state index >= 15 is 0 Å². The van der Waals surface area contributed by atoms with Crippen LogP contribution in [-0.2, 0) is 17.4 Å². The van der Waals surface area contributed by atoms with Crippen molar-refractivity contribution in [3.8, 4) is 11.3 Å². The van der Waals surface area contributed by atoms with Gasteiger partial charge in [-0.2, -0.15) is 13.2 Å². The normalized spacial score (nSPS) is 14.6. The number of anilines is 1. The molecule has 0 aliphatic carbocycles. The number of halogens is 4. The van der Waals surface area contributed by atoms with E-state index in [4.69, 9.17) is 16.0 Å². The molecule has 0 radical (unpaired) electrons. The number of nitrogens with zero attached hydrogens (tertiary/aromatic N) is 4. The second kappa shape index (κ2) is 9.20. The molecule has 10 heteroatoms. The highest BCUT2D eigenvalue weighted by Crippen LogP contribution is 2.29. The van der Waals surface area contributed by atoms with Gasteiger partial charge in [0.25, 0.3) is 0 Å². The maximum absolute atomic E-state index is 12.7. The molecule has 0 spiro atoms. The summed E-state index contributed by atoms with van der Waals surface area (Å²) in [7, 11) is 0. The molecule has 1 saturated heterocycles. The molecule has 1 fully saturated rings. The van der Waals surface area contributed by atoms with E-state index in [2.05, 4.69) is 9.97 Å². The average molecular weight is 465 g/mol. The summed E-state index contributed by atoms with van der Waals surface area (Å²) in [6.07, 6.45) is -1.30. The quantitative estimate of drug-likeness (QED) is 0.548. The van der Waals surface area contributed by atoms with E-state index in [1.165, 1.54) is 6.07 Å². The third-order valence-electron chi connectivity index (χ3n) is 5.27. The molecule has 3 heterocycles. The highest BCUT2D eigenvalue weighted by molar-refractivity contribution is 6.30. The van der Waals surface area contributed by atoms with Crippen molar-refractivity contribution in [1.29, 1.82) is 0 Å². The Morgan fingerprint density at radius 3 is 2.34 bits per heavy atom. The zero-order chi connectivity index (χ0) is 22.7. The van der Waals surface area contributed by atoms with Gasteiger partial charge in [0.2, 0.25) is 5.91 Å². The number of amides is 1. The van der Waals surface area contributed by atoms with E-state index in [1.807, 2.05) is 17.0 Å². The van der Waals surface area contributed by atoms with Crippen LogP contribution in [0.4, 0.5) is 19.0 Å². The predicted molar refractivity (Wildman–Crippen MR) is 113 cm³/mol. The molecule has 0 unspecified atom stereocenters. The van der Waals surface area contributed by atoms with Gasteiger partial charge in [0.1, 0.15) is 5.82 Å². The van der Waals surface area contributed by atoms with Gasteiger partial charge in [-0.3, -0.25) is 4.79 Å². The number of hydrogen-bond acceptors (Lipinski definition) is 5. The Morgan fingerprint density at radius 1 is 1.00 bits per heavy atom. The number of alkyl halides is 3. The van der Waals surface area contributed by atoms with Crippen molar-refractivity contribution in [2.75, 3.05) is 31.1 Å². The van der Waals surface area contributed by atoms with E-state index in [9.17, 15) is 18.0 Å². The standard InChI is InChI=1S/C22H20ClF3N4O2/c23-17-4-1-15(2-5-17)18-14-28-20(32-18)7-8-21(31)30-11-9-29(10-12-30)19-6-3-16(13-27-19)22(24,25)26/h1-6,13-14H,7-12H2. The van der Waals surface area contributed by atoms with Gasteiger partial charge in [0, 0.05) is 55.8 Å². The molecule has 0 bridgehead atoms. The van der Waals surface area contributed by atoms with Gasteiger partial charge in [0.05, 0.1) is 11.8 Å². The first-order chi connectivity index (χ1) is 15.3. The lowest BCUT2D eigenvalue weighted by molar-refractivity contribution is -0.137. The Balaban J connectivity index is 1.26. The molecule has 4 rings (SSSR count). The molecule has 1 aliphatic heterocycles. The van der Waals surface area contributed by atoms with E-state index in [0.29, 0.717) is 55.1 Å². The van der Waals surface area contributed by atoms with Gasteiger partial charge in [-0.15, -0.1) is 0 Å². The van der Waals surface area contributed by atoms with Crippen LogP contribution in [-0.4, -0.2) is 47.0 Å². The molecule has 3 aromatic rings. The zero-order valence-electron chi connectivity index (χ0n) is 17.0. The largest absolute Gasteiger partial charge is 0.441 e. The number of rotatable bonds is 5. The number of carbonyl (C=O) groups excluding carboxylic acids is 1. The van der Waals surface area contributed by atoms with Crippen LogP contribution >= 0.6 is 11.6 Å². The van der Waals surface area contributed by atoms with Crippen molar-refractivity contribution in [3.63, 3.8) is 0 Å². The molecule has 1 aromatic carbocycles. The maximum atomic E-state index is 12.7. The van der Waals surface area contributed by atoms with E-state index in [0.717, 1.165) is 17.8 Å². The third kappa shape index (κ3) is 5.21. The summed E-state index contributed by atoms with van der Waals surface area (Å²) in [5.74, 6) is 1.55. The highest BCUT2D eigenvalue weighted by atomic mass is 35.5. The minimum Gasteiger partial charge on any atom is -0.441 e. The Morgan fingerprint density at radius 2 is 1.72 bits per heavy atom. The van der Waals surface area contributed by atoms with E-state index < -0.39 is 11.7 Å². The van der Waals surface area contributed by atoms with E-state index in [1.54, 1.807) is 23.2 Å². The number of aryl methyl sites for hydroxylation is 1. The second-order valence-corrected chi connectivity index (χ2v) is 7.83. The molecular weight excluding hydrogens is 445 g/mol. The van der Waals surface area contributed by atoms with Crippen LogP contribution in [0.5, 0.6) is 0 Å². The first-order valence-electron chi connectivity index (χ1n) is 10.1. The van der Waals surface area contributed by atoms with Crippen LogP contribution in [0, 0.1) is 0 Å². The second-order valence-electron chi connectivity index (χ2n) is 7.40. The molecule has 0 N–H and O–H groups in total. The summed E-state index contributed by atoms with van der Waals surface area (Å²) in [6.45, 7) is 1.96. The molecule has 6 nitrogen and oxygen atoms in total. The van der Waals surface area contributed by atoms with Crippen molar-refractivity contribution in [3.05, 3.63) is 65.3 Å². The molecule has 1 amide bonds. The Hall–Kier alpha value is -3.07. The number of aromatic nitrogens is 2. The van der Waals surface area contributed by atoms with E-state index in [-0.39, 0.29) is 12.3 Å². The topological polar surface area (TPSA) is 62.5 Å². The molecule has 0 saturated carbocycles. The van der Waals surface area contributed by atoms with Gasteiger partial charge in [-0.25, -0.2) is 9.97 Å². The van der Waals surface area contributed by atoms with Gasteiger partial charge >= 0.3 is 6.18 Å². The summed E-state index contributed by atoms with van der Waals surface area (Å²) < 4.78 is 43.8. The Labute approximate surface area is 187 Å². The lowest BCUT2D eigenvalue weighted by Gasteiger charge is -2.35. The van der Waals surface area contributed by atoms with Crippen molar-refractivity contribution in [2.24, 2.45) is 0 Å². The summed E-state index contributed by atoms with van der Waals surface area (Å²) in [5.41, 5.74) is 0.0771. The van der Waals surface area contributed by atoms with Gasteiger partial charge in [-0.1, -0.05) is 11.6 Å². The molecule has 168 valence electrons. The van der Waals surface area contributed by atoms with Crippen LogP contribution in [0.2, 0.25) is 5.02 Å². The number of oxazole rings is 1. The van der Waals surface area contributed by atoms with Crippen LogP contribution in [0.25, 0.3) is 11.3 Å². The van der Waals surface area contributed by atoms with Gasteiger partial charge in [0.15, 0.2) is 11.7 Å². The van der Waals surface area contributed by atoms with Crippen molar-refractivity contribution in [1.82, 2.24) is 14.9 Å². The van der Waals surface area contributed by atoms with Crippen LogP contribution in [0.1, 0.15) is 17.9 Å². The molecule has 0 atom stereocenters. The predicted octanol–water partition coefficient (Wildman–Crippen LogP) is 4.69. The van der Waals surface area contributed by atoms with Crippen LogP contribution in [0.15, 0.2) is 53.2 Å². The number of carbonyl (C=O) groups is 1. The SMILES string of the molecule is O=C(CCc1ncc(-c2ccc(Cl)cc2)o1)N1CCN(c2ccc(C(F)(F)F)cn2)CC1. The number of hydrogen-bond donors (Lipinski definition) is 0. The van der Waals surface area contributed by atoms with Crippen molar-refractivity contribution in [2.45, 2.75) is 19.0 Å². The van der Waals surface area contributed by atoms with Crippen molar-refractivity contribution < 1.29 is 22.4 Å². The van der Waals surface area contributed by atoms with Gasteiger partial charge in [-0.05, 0) is 36.4 Å². The average Bonchev–Trinajstić information content (AvgIpc) is 3.27. The van der Waals surface area contributed by atoms with Gasteiger partial charge < -0.3 is 14.2 Å². The lowest BCUT2D eigenvalue weighted by atomic mass is 10.2. The lowest BCUT2D eigenvalue weighted by Crippen LogP contribution is -2.49. The summed E-state index contributed by atoms with van der Waals surface area (Å²) in [5, 5.41) is 0.633. The minimum absolute atomic E-state index is 0.0173. The molecule has 2 aromatic heterocycles. The highest BCUT2D eigenvalue weighted by Gasteiger charge is 2.31. The minimum atomic E-state index is -4.41. The molecule has 1 aliphatic rings. The van der Waals surface area contributed by atoms with Crippen LogP contribution < -0.4 is 4.90 Å². The smallest absolute Gasteiger partial charge is 0.417 e. The summed E-state index contributed by atoms with van der Waals surface area (Å²) in [6, 6.07) is 9.59. The number of piperazine rings is 1. The fourth-order valence-electron chi connectivity index (χ4n) is 3.47. The fraction of sp³-hybridized carbons (Fsp3) is 0.318. The number of pyridine rings is 1. The third-order valence-corrected chi connectivity index (χ3v) is 5.52. The Kier molecular flexibility index (Phi) is 6.36. The van der Waals surface area contributed by atoms with Crippen LogP contribution in [0.3, 0.4) is 0 Å². The number of benzene rings is 1. The maximum Gasteiger partial charge on any atom is 0.417 e.